The Morgan fingerprint density at radius 1 is 0.660 bits per heavy atom. The highest BCUT2D eigenvalue weighted by atomic mass is 19.2. The topological polar surface area (TPSA) is 0 Å². The lowest BCUT2D eigenvalue weighted by molar-refractivity contribution is 0.506. The molecule has 0 atom stereocenters. The number of hydrogen-bond acceptors (Lipinski definition) is 0. The second-order valence-corrected chi connectivity index (χ2v) is 14.7. The lowest BCUT2D eigenvalue weighted by Gasteiger charge is -2.28. The molecule has 0 aromatic heterocycles. The van der Waals surface area contributed by atoms with Crippen LogP contribution < -0.4 is 10.4 Å². The van der Waals surface area contributed by atoms with Crippen LogP contribution in [0.5, 0.6) is 0 Å². The van der Waals surface area contributed by atoms with Crippen LogP contribution >= 0.6 is 0 Å². The summed E-state index contributed by atoms with van der Waals surface area (Å²) in [5.41, 5.74) is 11.9. The predicted octanol–water partition coefficient (Wildman–Crippen LogP) is 10.4. The number of rotatable bonds is 4. The molecule has 0 aliphatic heterocycles. The fraction of sp³-hybridized carbons (Fsp3) is 0.200. The van der Waals surface area contributed by atoms with Gasteiger partial charge in [0.2, 0.25) is 0 Å². The number of benzene rings is 5. The van der Waals surface area contributed by atoms with Crippen molar-refractivity contribution in [2.75, 3.05) is 0 Å². The van der Waals surface area contributed by atoms with E-state index in [-0.39, 0.29) is 16.4 Å². The molecule has 0 saturated heterocycles. The van der Waals surface area contributed by atoms with Crippen molar-refractivity contribution in [3.63, 3.8) is 0 Å². The van der Waals surface area contributed by atoms with Gasteiger partial charge in [-0.05, 0) is 113 Å². The summed E-state index contributed by atoms with van der Waals surface area (Å²) in [5.74, 6) is -1.66. The molecule has 0 nitrogen and oxygen atoms in total. The van der Waals surface area contributed by atoms with E-state index in [0.29, 0.717) is 6.42 Å². The van der Waals surface area contributed by atoms with E-state index in [1.165, 1.54) is 17.2 Å². The third-order valence-corrected chi connectivity index (χ3v) is 9.38. The van der Waals surface area contributed by atoms with E-state index in [4.69, 9.17) is 0 Å². The van der Waals surface area contributed by atoms with Crippen LogP contribution in [0.2, 0.25) is 0 Å². The maximum atomic E-state index is 15.5. The normalized spacial score (nSPS) is 13.9. The van der Waals surface area contributed by atoms with Crippen LogP contribution in [0.15, 0.2) is 115 Å². The maximum Gasteiger partial charge on any atom is 0.166 e. The number of halogens is 2. The predicted molar refractivity (Wildman–Crippen MR) is 192 cm³/mol. The summed E-state index contributed by atoms with van der Waals surface area (Å²) >= 11 is 0. The highest BCUT2D eigenvalue weighted by Gasteiger charge is 2.31. The van der Waals surface area contributed by atoms with Crippen LogP contribution in [-0.4, -0.2) is 0 Å². The quantitative estimate of drug-likeness (QED) is 0.185. The number of fused-ring (bicyclic) bond motifs is 3. The zero-order valence-corrected chi connectivity index (χ0v) is 27.9. The van der Waals surface area contributed by atoms with Gasteiger partial charge in [-0.1, -0.05) is 139 Å². The van der Waals surface area contributed by atoms with Crippen molar-refractivity contribution in [2.24, 2.45) is 0 Å². The van der Waals surface area contributed by atoms with Crippen molar-refractivity contribution in [3.05, 3.63) is 176 Å². The molecule has 0 heterocycles. The van der Waals surface area contributed by atoms with Gasteiger partial charge in [-0.25, -0.2) is 8.78 Å². The minimum Gasteiger partial charge on any atom is -0.204 e. The first-order valence-electron chi connectivity index (χ1n) is 16.4. The van der Waals surface area contributed by atoms with Crippen LogP contribution in [0, 0.1) is 11.6 Å². The lowest BCUT2D eigenvalue weighted by atomic mass is 9.75. The Morgan fingerprint density at radius 2 is 1.32 bits per heavy atom. The van der Waals surface area contributed by atoms with Crippen LogP contribution in [0.3, 0.4) is 0 Å². The van der Waals surface area contributed by atoms with Gasteiger partial charge < -0.3 is 0 Å². The molecule has 2 aliphatic carbocycles. The second-order valence-electron chi connectivity index (χ2n) is 14.7. The molecule has 0 bridgehead atoms. The molecule has 0 fully saturated rings. The van der Waals surface area contributed by atoms with Crippen LogP contribution in [-0.2, 0) is 10.8 Å². The van der Waals surface area contributed by atoms with Gasteiger partial charge >= 0.3 is 0 Å². The van der Waals surface area contributed by atoms with E-state index < -0.39 is 11.6 Å². The first kappa shape index (κ1) is 30.8. The minimum absolute atomic E-state index is 0.0163. The van der Waals surface area contributed by atoms with E-state index in [9.17, 15) is 4.39 Å². The van der Waals surface area contributed by atoms with E-state index in [2.05, 4.69) is 126 Å². The van der Waals surface area contributed by atoms with Crippen molar-refractivity contribution in [1.29, 1.82) is 0 Å². The summed E-state index contributed by atoms with van der Waals surface area (Å²) in [4.78, 5) is 0. The van der Waals surface area contributed by atoms with Crippen LogP contribution in [0.25, 0.3) is 33.9 Å². The molecule has 233 valence electrons. The standard InChI is InChI=1S/C45H39F2/c1-44(2,3)31-23-24-32-30(25-31)26-37-36(32)27-38(40(28-15-9-7-10-16-28)29-17-11-8-12-18-29)42(45(4,5)6)41(37)34-20-13-19-33(34)35-21-14-22-39(46)43(35)47/h7-19,21-25,27H,20H2,1-6H3. The van der Waals surface area contributed by atoms with Crippen LogP contribution in [0.4, 0.5) is 8.78 Å². The summed E-state index contributed by atoms with van der Waals surface area (Å²) in [5, 5.41) is 2.16. The van der Waals surface area contributed by atoms with Crippen molar-refractivity contribution in [2.45, 2.75) is 58.8 Å². The second kappa shape index (κ2) is 11.5. The zero-order chi connectivity index (χ0) is 33.1. The summed E-state index contributed by atoms with van der Waals surface area (Å²) < 4.78 is 30.2. The fourth-order valence-electron chi connectivity index (χ4n) is 7.18. The Bertz CT molecular complexity index is 2180. The number of allylic oxidation sites excluding steroid dienone is 4. The van der Waals surface area contributed by atoms with Gasteiger partial charge in [-0.2, -0.15) is 0 Å². The molecule has 5 aromatic carbocycles. The molecule has 2 aliphatic rings. The monoisotopic (exact) mass is 617 g/mol. The molecule has 5 aromatic rings. The first-order chi connectivity index (χ1) is 22.4. The van der Waals surface area contributed by atoms with E-state index in [1.807, 2.05) is 18.2 Å². The van der Waals surface area contributed by atoms with Gasteiger partial charge in [0, 0.05) is 5.56 Å². The van der Waals surface area contributed by atoms with E-state index >= 15 is 4.39 Å². The smallest absolute Gasteiger partial charge is 0.166 e. The highest BCUT2D eigenvalue weighted by molar-refractivity contribution is 6.02. The molecule has 0 saturated carbocycles. The Hall–Kier alpha value is -4.82. The minimum atomic E-state index is -0.839. The third kappa shape index (κ3) is 5.40. The van der Waals surface area contributed by atoms with Gasteiger partial charge in [-0.3, -0.25) is 0 Å². The number of hydrogen-bond donors (Lipinski definition) is 0. The van der Waals surface area contributed by atoms with Crippen LogP contribution in [0.1, 0.15) is 86.9 Å². The lowest BCUT2D eigenvalue weighted by Crippen LogP contribution is -2.32. The van der Waals surface area contributed by atoms with Gasteiger partial charge in [0.1, 0.15) is 0 Å². The SMILES string of the molecule is CC(C)(C)c1ccc2c(c1)[C]=c1c-2cc(=C(c2ccccc2)c2ccccc2)c(C(C)(C)C)c1C1=C(c2cccc(F)c2F)C=CC1. The maximum absolute atomic E-state index is 15.5. The molecule has 47 heavy (non-hydrogen) atoms. The average Bonchev–Trinajstić information content (AvgIpc) is 3.67. The van der Waals surface area contributed by atoms with Gasteiger partial charge in [-0.15, -0.1) is 0 Å². The van der Waals surface area contributed by atoms with Gasteiger partial charge in [0.25, 0.3) is 0 Å². The molecular formula is C45H39F2. The third-order valence-electron chi connectivity index (χ3n) is 9.38. The van der Waals surface area contributed by atoms with Crippen molar-refractivity contribution in [1.82, 2.24) is 0 Å². The summed E-state index contributed by atoms with van der Waals surface area (Å²) in [6, 6.07) is 34.7. The van der Waals surface area contributed by atoms with Gasteiger partial charge in [0.05, 0.1) is 0 Å². The Labute approximate surface area is 277 Å². The Balaban J connectivity index is 1.71. The molecule has 0 spiro atoms. The summed E-state index contributed by atoms with van der Waals surface area (Å²) in [7, 11) is 0. The molecule has 0 amide bonds. The first-order valence-corrected chi connectivity index (χ1v) is 16.4. The Morgan fingerprint density at radius 3 is 1.94 bits per heavy atom. The van der Waals surface area contributed by atoms with Crippen molar-refractivity contribution in [3.8, 4) is 11.1 Å². The molecule has 0 N–H and O–H groups in total. The summed E-state index contributed by atoms with van der Waals surface area (Å²) in [6.45, 7) is 13.4. The fourth-order valence-corrected chi connectivity index (χ4v) is 7.18. The Kier molecular flexibility index (Phi) is 7.51. The summed E-state index contributed by atoms with van der Waals surface area (Å²) in [6.07, 6.45) is 8.49. The largest absolute Gasteiger partial charge is 0.204 e. The van der Waals surface area contributed by atoms with E-state index in [1.54, 1.807) is 12.1 Å². The van der Waals surface area contributed by atoms with Gasteiger partial charge in [0.15, 0.2) is 11.6 Å². The van der Waals surface area contributed by atoms with Crippen molar-refractivity contribution >= 4 is 22.8 Å². The molecule has 1 radical (unpaired) electrons. The molecule has 7 rings (SSSR count). The zero-order valence-electron chi connectivity index (χ0n) is 27.9. The highest BCUT2D eigenvalue weighted by Crippen LogP contribution is 2.42. The van der Waals surface area contributed by atoms with Crippen molar-refractivity contribution < 1.29 is 8.78 Å². The van der Waals surface area contributed by atoms with E-state index in [0.717, 1.165) is 60.5 Å². The molecular weight excluding hydrogens is 578 g/mol. The molecule has 2 heteroatoms. The average molecular weight is 618 g/mol. The molecule has 0 unspecified atom stereocenters.